The van der Waals surface area contributed by atoms with Gasteiger partial charge in [-0.05, 0) is 70.9 Å². The summed E-state index contributed by atoms with van der Waals surface area (Å²) in [6.07, 6.45) is -1.44. The Balaban J connectivity index is 1.87. The van der Waals surface area contributed by atoms with E-state index < -0.39 is 29.5 Å². The van der Waals surface area contributed by atoms with Crippen molar-refractivity contribution in [3.05, 3.63) is 106 Å². The van der Waals surface area contributed by atoms with Crippen LogP contribution in [0, 0.1) is 29.0 Å². The van der Waals surface area contributed by atoms with E-state index in [0.29, 0.717) is 30.0 Å². The van der Waals surface area contributed by atoms with Crippen LogP contribution >= 0.6 is 0 Å². The van der Waals surface area contributed by atoms with Crippen LogP contribution in [-0.2, 0) is 11.0 Å². The number of aromatic amines is 1. The highest BCUT2D eigenvalue weighted by Crippen LogP contribution is 2.51. The van der Waals surface area contributed by atoms with Crippen molar-refractivity contribution in [3.63, 3.8) is 0 Å². The van der Waals surface area contributed by atoms with Crippen LogP contribution < -0.4 is 0 Å². The number of alkyl halides is 3. The zero-order chi connectivity index (χ0) is 27.9. The number of fused-ring (bicyclic) bond motifs is 1. The first kappa shape index (κ1) is 25.9. The molecule has 1 fully saturated rings. The number of carbonyl (C=O) groups is 1. The normalized spacial score (nSPS) is 14.5. The van der Waals surface area contributed by atoms with Gasteiger partial charge in [0.15, 0.2) is 0 Å². The van der Waals surface area contributed by atoms with E-state index in [2.05, 4.69) is 10.2 Å². The molecule has 0 bridgehead atoms. The van der Waals surface area contributed by atoms with E-state index >= 15 is 0 Å². The summed E-state index contributed by atoms with van der Waals surface area (Å²) in [6, 6.07) is 13.8. The number of carboxylic acid groups (broad SMARTS) is 1. The summed E-state index contributed by atoms with van der Waals surface area (Å²) in [6.45, 7) is 0. The molecule has 5 nitrogen and oxygen atoms in total. The summed E-state index contributed by atoms with van der Waals surface area (Å²) in [7, 11) is 0. The van der Waals surface area contributed by atoms with Crippen LogP contribution in [0.5, 0.6) is 0 Å². The Kier molecular flexibility index (Phi) is 6.52. The zero-order valence-electron chi connectivity index (χ0n) is 20.0. The van der Waals surface area contributed by atoms with E-state index in [9.17, 15) is 32.0 Å². The van der Waals surface area contributed by atoms with Crippen LogP contribution in [0.1, 0.15) is 46.2 Å². The first-order chi connectivity index (χ1) is 18.6. The number of allylic oxidation sites excluding steroid dienone is 1. The minimum Gasteiger partial charge on any atom is -0.478 e. The lowest BCUT2D eigenvalue weighted by molar-refractivity contribution is -0.138. The van der Waals surface area contributed by atoms with Crippen LogP contribution in [-0.4, -0.2) is 21.3 Å². The number of aliphatic carboxylic acids is 1. The quantitative estimate of drug-likeness (QED) is 0.155. The Labute approximate surface area is 218 Å². The van der Waals surface area contributed by atoms with Crippen LogP contribution in [0.3, 0.4) is 0 Å². The average molecular weight is 535 g/mol. The molecule has 0 amide bonds. The van der Waals surface area contributed by atoms with E-state index in [0.717, 1.165) is 18.2 Å². The third-order valence-corrected chi connectivity index (χ3v) is 6.51. The molecule has 0 unspecified atom stereocenters. The van der Waals surface area contributed by atoms with E-state index in [1.807, 2.05) is 6.07 Å². The molecule has 196 valence electrons. The van der Waals surface area contributed by atoms with Crippen molar-refractivity contribution in [3.8, 4) is 6.07 Å². The van der Waals surface area contributed by atoms with Gasteiger partial charge in [0.2, 0.25) is 5.95 Å². The second-order valence-corrected chi connectivity index (χ2v) is 9.08. The number of halogens is 5. The maximum Gasteiger partial charge on any atom is 0.417 e. The molecule has 5 rings (SSSR count). The molecule has 1 heterocycles. The number of benzene rings is 3. The molecule has 2 N–H and O–H groups in total. The molecule has 1 aliphatic carbocycles. The molecule has 0 spiro atoms. The van der Waals surface area contributed by atoms with Crippen molar-refractivity contribution in [2.24, 2.45) is 5.92 Å². The third-order valence-electron chi connectivity index (χ3n) is 6.51. The van der Waals surface area contributed by atoms with E-state index in [1.54, 1.807) is 24.3 Å². The summed E-state index contributed by atoms with van der Waals surface area (Å²) in [4.78, 5) is 10.9. The smallest absolute Gasteiger partial charge is 0.417 e. The standard InChI is InChI=1S/C29H18F5N3O2/c30-18-8-9-20(22(13-18)29(32,33)34)26(17-6-7-17)25(16-4-1-15(2-5-16)3-12-24(38)39)19-10-11-23-27(21(19)14-35)28(31)37-36-23/h1-5,8-13,17H,6-7H2,(H,36,37)(H,38,39)/b12-3+,26-25?. The maximum atomic E-state index is 14.7. The highest BCUT2D eigenvalue weighted by molar-refractivity contribution is 6.04. The fraction of sp³-hybridized carbons (Fsp3) is 0.138. The Hall–Kier alpha value is -4.78. The number of rotatable bonds is 6. The topological polar surface area (TPSA) is 89.8 Å². The lowest BCUT2D eigenvalue weighted by Gasteiger charge is -2.21. The number of hydrogen-bond donors (Lipinski definition) is 2. The molecule has 10 heteroatoms. The summed E-state index contributed by atoms with van der Waals surface area (Å²) in [5.74, 6) is -3.38. The lowest BCUT2D eigenvalue weighted by Crippen LogP contribution is -2.11. The molecular weight excluding hydrogens is 517 g/mol. The van der Waals surface area contributed by atoms with Crippen molar-refractivity contribution >= 4 is 34.1 Å². The molecule has 1 aromatic heterocycles. The summed E-state index contributed by atoms with van der Waals surface area (Å²) >= 11 is 0. The van der Waals surface area contributed by atoms with E-state index in [1.165, 1.54) is 18.2 Å². The monoisotopic (exact) mass is 535 g/mol. The highest BCUT2D eigenvalue weighted by Gasteiger charge is 2.39. The van der Waals surface area contributed by atoms with Crippen molar-refractivity contribution < 1.29 is 31.9 Å². The van der Waals surface area contributed by atoms with Crippen molar-refractivity contribution in [2.45, 2.75) is 19.0 Å². The van der Waals surface area contributed by atoms with Gasteiger partial charge in [-0.1, -0.05) is 36.4 Å². The minimum absolute atomic E-state index is 0.0983. The second-order valence-electron chi connectivity index (χ2n) is 9.08. The summed E-state index contributed by atoms with van der Waals surface area (Å²) in [5.41, 5.74) is 0.329. The SMILES string of the molecule is N#Cc1c(C(=C(c2ccc(F)cc2C(F)(F)F)C2CC2)c2ccc(/C=C/C(=O)O)cc2)ccc2n[nH]c(F)c12. The number of nitrogens with zero attached hydrogens (tertiary/aromatic N) is 2. The largest absolute Gasteiger partial charge is 0.478 e. The summed E-state index contributed by atoms with van der Waals surface area (Å²) < 4.78 is 71.1. The molecule has 3 aromatic carbocycles. The van der Waals surface area contributed by atoms with E-state index in [4.69, 9.17) is 5.11 Å². The molecule has 0 atom stereocenters. The van der Waals surface area contributed by atoms with Gasteiger partial charge in [0.25, 0.3) is 0 Å². The Morgan fingerprint density at radius 3 is 2.36 bits per heavy atom. The zero-order valence-corrected chi connectivity index (χ0v) is 20.0. The van der Waals surface area contributed by atoms with Gasteiger partial charge in [0.05, 0.1) is 22.0 Å². The van der Waals surface area contributed by atoms with Gasteiger partial charge in [0.1, 0.15) is 11.9 Å². The number of carboxylic acids is 1. The van der Waals surface area contributed by atoms with Gasteiger partial charge in [-0.2, -0.15) is 27.9 Å². The molecule has 1 aliphatic rings. The molecule has 0 saturated heterocycles. The van der Waals surface area contributed by atoms with Crippen LogP contribution in [0.25, 0.3) is 28.1 Å². The fourth-order valence-electron chi connectivity index (χ4n) is 4.70. The molecular formula is C29H18F5N3O2. The Morgan fingerprint density at radius 1 is 1.05 bits per heavy atom. The number of aromatic nitrogens is 2. The first-order valence-electron chi connectivity index (χ1n) is 11.8. The maximum absolute atomic E-state index is 14.7. The van der Waals surface area contributed by atoms with Crippen molar-refractivity contribution in [1.82, 2.24) is 10.2 Å². The van der Waals surface area contributed by atoms with Gasteiger partial charge in [-0.3, -0.25) is 5.10 Å². The predicted molar refractivity (Wildman–Crippen MR) is 134 cm³/mol. The second kappa shape index (κ2) is 9.83. The van der Waals surface area contributed by atoms with Gasteiger partial charge in [0, 0.05) is 11.6 Å². The van der Waals surface area contributed by atoms with Gasteiger partial charge < -0.3 is 5.11 Å². The highest BCUT2D eigenvalue weighted by atomic mass is 19.4. The molecule has 39 heavy (non-hydrogen) atoms. The number of hydrogen-bond acceptors (Lipinski definition) is 3. The van der Waals surface area contributed by atoms with Gasteiger partial charge in [-0.25, -0.2) is 9.18 Å². The van der Waals surface area contributed by atoms with Crippen molar-refractivity contribution in [1.29, 1.82) is 5.26 Å². The van der Waals surface area contributed by atoms with Gasteiger partial charge in [-0.15, -0.1) is 0 Å². The number of H-pyrrole nitrogens is 1. The first-order valence-corrected chi connectivity index (χ1v) is 11.8. The fourth-order valence-corrected chi connectivity index (χ4v) is 4.70. The molecule has 4 aromatic rings. The van der Waals surface area contributed by atoms with Crippen molar-refractivity contribution in [2.75, 3.05) is 0 Å². The average Bonchev–Trinajstić information content (AvgIpc) is 3.67. The Morgan fingerprint density at radius 2 is 1.74 bits per heavy atom. The van der Waals surface area contributed by atoms with Crippen LogP contribution in [0.2, 0.25) is 0 Å². The summed E-state index contributed by atoms with van der Waals surface area (Å²) in [5, 5.41) is 24.9. The van der Waals surface area contributed by atoms with Crippen LogP contribution in [0.4, 0.5) is 22.0 Å². The third kappa shape index (κ3) is 5.03. The van der Waals surface area contributed by atoms with Crippen LogP contribution in [0.15, 0.2) is 60.7 Å². The number of nitriles is 1. The predicted octanol–water partition coefficient (Wildman–Crippen LogP) is 7.20. The van der Waals surface area contributed by atoms with Gasteiger partial charge >= 0.3 is 12.1 Å². The minimum atomic E-state index is -4.87. The molecule has 1 saturated carbocycles. The Bertz CT molecular complexity index is 1710. The number of nitrogens with one attached hydrogen (secondary N) is 1. The molecule has 0 radical (unpaired) electrons. The lowest BCUT2D eigenvalue weighted by atomic mass is 9.83. The van der Waals surface area contributed by atoms with E-state index in [-0.39, 0.29) is 44.7 Å². The molecule has 0 aliphatic heterocycles.